The van der Waals surface area contributed by atoms with Crippen LogP contribution >= 0.6 is 0 Å². The van der Waals surface area contributed by atoms with Crippen molar-refractivity contribution in [1.29, 1.82) is 0 Å². The first-order valence-corrected chi connectivity index (χ1v) is 8.52. The standard InChI is InChI=1S/C14H22N2O4S/c1-12-11-19-10-8-16(12)21(17,18)14-5-3-13(4-6-14)20-9-2-7-15/h3-6,12H,2,7-11,15H2,1H3. The van der Waals surface area contributed by atoms with Crippen LogP contribution in [0.15, 0.2) is 29.2 Å². The van der Waals surface area contributed by atoms with Gasteiger partial charge < -0.3 is 15.2 Å². The lowest BCUT2D eigenvalue weighted by Gasteiger charge is -2.32. The second-order valence-electron chi connectivity index (χ2n) is 5.00. The van der Waals surface area contributed by atoms with Crippen LogP contribution in [0, 0.1) is 0 Å². The van der Waals surface area contributed by atoms with E-state index in [4.69, 9.17) is 15.2 Å². The SMILES string of the molecule is CC1COCCN1S(=O)(=O)c1ccc(OCCCN)cc1. The van der Waals surface area contributed by atoms with E-state index in [1.807, 2.05) is 6.92 Å². The minimum absolute atomic E-state index is 0.149. The predicted octanol–water partition coefficient (Wildman–Crippen LogP) is 0.824. The van der Waals surface area contributed by atoms with Crippen molar-refractivity contribution in [2.45, 2.75) is 24.3 Å². The topological polar surface area (TPSA) is 81.9 Å². The quantitative estimate of drug-likeness (QED) is 0.786. The monoisotopic (exact) mass is 314 g/mol. The molecule has 0 spiro atoms. The lowest BCUT2D eigenvalue weighted by Crippen LogP contribution is -2.46. The van der Waals surface area contributed by atoms with Crippen LogP contribution in [0.1, 0.15) is 13.3 Å². The first-order valence-electron chi connectivity index (χ1n) is 7.08. The number of ether oxygens (including phenoxy) is 2. The van der Waals surface area contributed by atoms with Crippen molar-refractivity contribution < 1.29 is 17.9 Å². The largest absolute Gasteiger partial charge is 0.494 e. The normalized spacial score (nSPS) is 20.4. The van der Waals surface area contributed by atoms with Gasteiger partial charge in [-0.1, -0.05) is 0 Å². The molecule has 0 aliphatic carbocycles. The summed E-state index contributed by atoms with van der Waals surface area (Å²) < 4.78 is 37.4. The summed E-state index contributed by atoms with van der Waals surface area (Å²) in [5.41, 5.74) is 5.39. The molecule has 1 aliphatic rings. The molecule has 1 saturated heterocycles. The third-order valence-corrected chi connectivity index (χ3v) is 5.38. The molecule has 6 nitrogen and oxygen atoms in total. The fraction of sp³-hybridized carbons (Fsp3) is 0.571. The van der Waals surface area contributed by atoms with Crippen molar-refractivity contribution in [3.8, 4) is 5.75 Å². The van der Waals surface area contributed by atoms with Gasteiger partial charge in [0.2, 0.25) is 10.0 Å². The van der Waals surface area contributed by atoms with Gasteiger partial charge in [-0.2, -0.15) is 4.31 Å². The van der Waals surface area contributed by atoms with E-state index in [-0.39, 0.29) is 10.9 Å². The Morgan fingerprint density at radius 2 is 2.10 bits per heavy atom. The third-order valence-electron chi connectivity index (χ3n) is 3.35. The molecule has 1 atom stereocenters. The van der Waals surface area contributed by atoms with Gasteiger partial charge in [-0.25, -0.2) is 8.42 Å². The van der Waals surface area contributed by atoms with E-state index >= 15 is 0 Å². The van der Waals surface area contributed by atoms with Crippen LogP contribution in [0.5, 0.6) is 5.75 Å². The summed E-state index contributed by atoms with van der Waals surface area (Å²) in [6.45, 7) is 4.20. The zero-order valence-electron chi connectivity index (χ0n) is 12.2. The average Bonchev–Trinajstić information content (AvgIpc) is 2.48. The Morgan fingerprint density at radius 3 is 2.71 bits per heavy atom. The first-order chi connectivity index (χ1) is 10.1. The molecule has 0 aromatic heterocycles. The number of hydrogen-bond acceptors (Lipinski definition) is 5. The molecule has 1 aromatic carbocycles. The third kappa shape index (κ3) is 3.94. The van der Waals surface area contributed by atoms with Crippen LogP contribution in [0.25, 0.3) is 0 Å². The molecule has 0 amide bonds. The summed E-state index contributed by atoms with van der Waals surface area (Å²) in [6.07, 6.45) is 0.769. The zero-order valence-corrected chi connectivity index (χ0v) is 13.0. The molecule has 1 fully saturated rings. The fourth-order valence-corrected chi connectivity index (χ4v) is 3.79. The van der Waals surface area contributed by atoms with E-state index in [0.29, 0.717) is 38.7 Å². The summed E-state index contributed by atoms with van der Waals surface area (Å²) in [7, 11) is -3.48. The molecule has 1 unspecified atom stereocenters. The second kappa shape index (κ2) is 7.22. The minimum Gasteiger partial charge on any atom is -0.494 e. The van der Waals surface area contributed by atoms with Gasteiger partial charge in [0.25, 0.3) is 0 Å². The van der Waals surface area contributed by atoms with Gasteiger partial charge in [-0.05, 0) is 44.2 Å². The van der Waals surface area contributed by atoms with Crippen LogP contribution < -0.4 is 10.5 Å². The van der Waals surface area contributed by atoms with Gasteiger partial charge in [0.05, 0.1) is 24.7 Å². The van der Waals surface area contributed by atoms with Gasteiger partial charge >= 0.3 is 0 Å². The molecule has 1 aromatic rings. The van der Waals surface area contributed by atoms with E-state index in [2.05, 4.69) is 0 Å². The van der Waals surface area contributed by atoms with E-state index in [1.54, 1.807) is 24.3 Å². The molecule has 1 aliphatic heterocycles. The molecule has 7 heteroatoms. The minimum atomic E-state index is -3.48. The number of benzene rings is 1. The Labute approximate surface area is 125 Å². The summed E-state index contributed by atoms with van der Waals surface area (Å²) >= 11 is 0. The fourth-order valence-electron chi connectivity index (χ4n) is 2.19. The lowest BCUT2D eigenvalue weighted by atomic mass is 10.3. The summed E-state index contributed by atoms with van der Waals surface area (Å²) in [4.78, 5) is 0.280. The molecule has 0 radical (unpaired) electrons. The van der Waals surface area contributed by atoms with Crippen molar-refractivity contribution >= 4 is 10.0 Å². The number of sulfonamides is 1. The highest BCUT2D eigenvalue weighted by Gasteiger charge is 2.31. The van der Waals surface area contributed by atoms with Crippen LogP contribution in [0.3, 0.4) is 0 Å². The Balaban J connectivity index is 2.09. The van der Waals surface area contributed by atoms with Crippen LogP contribution in [0.4, 0.5) is 0 Å². The Morgan fingerprint density at radius 1 is 1.38 bits per heavy atom. The number of hydrogen-bond donors (Lipinski definition) is 1. The zero-order chi connectivity index (χ0) is 15.3. The molecular weight excluding hydrogens is 292 g/mol. The van der Waals surface area contributed by atoms with Gasteiger partial charge in [0.15, 0.2) is 0 Å². The van der Waals surface area contributed by atoms with Gasteiger partial charge in [-0.3, -0.25) is 0 Å². The smallest absolute Gasteiger partial charge is 0.243 e. The maximum atomic E-state index is 12.6. The number of morpholine rings is 1. The average molecular weight is 314 g/mol. The van der Waals surface area contributed by atoms with Gasteiger partial charge in [0, 0.05) is 12.6 Å². The van der Waals surface area contributed by atoms with Gasteiger partial charge in [0.1, 0.15) is 5.75 Å². The summed E-state index contributed by atoms with van der Waals surface area (Å²) in [5.74, 6) is 0.650. The van der Waals surface area contributed by atoms with Crippen molar-refractivity contribution in [2.75, 3.05) is 32.9 Å². The molecule has 118 valence electrons. The van der Waals surface area contributed by atoms with E-state index in [1.165, 1.54) is 4.31 Å². The first kappa shape index (κ1) is 16.2. The Kier molecular flexibility index (Phi) is 5.58. The van der Waals surface area contributed by atoms with Gasteiger partial charge in [-0.15, -0.1) is 0 Å². The van der Waals surface area contributed by atoms with Crippen molar-refractivity contribution in [3.05, 3.63) is 24.3 Å². The van der Waals surface area contributed by atoms with E-state index in [0.717, 1.165) is 6.42 Å². The maximum absolute atomic E-state index is 12.6. The Bertz CT molecular complexity index is 545. The van der Waals surface area contributed by atoms with Crippen LogP contribution in [-0.4, -0.2) is 51.7 Å². The van der Waals surface area contributed by atoms with E-state index < -0.39 is 10.0 Å². The van der Waals surface area contributed by atoms with Crippen LogP contribution in [0.2, 0.25) is 0 Å². The van der Waals surface area contributed by atoms with Crippen LogP contribution in [-0.2, 0) is 14.8 Å². The van der Waals surface area contributed by atoms with Crippen molar-refractivity contribution in [1.82, 2.24) is 4.31 Å². The molecule has 2 rings (SSSR count). The van der Waals surface area contributed by atoms with E-state index in [9.17, 15) is 8.42 Å². The van der Waals surface area contributed by atoms with Crippen molar-refractivity contribution in [2.24, 2.45) is 5.73 Å². The molecule has 0 bridgehead atoms. The highest BCUT2D eigenvalue weighted by molar-refractivity contribution is 7.89. The number of nitrogens with zero attached hydrogens (tertiary/aromatic N) is 1. The molecular formula is C14H22N2O4S. The molecule has 0 saturated carbocycles. The highest BCUT2D eigenvalue weighted by atomic mass is 32.2. The van der Waals surface area contributed by atoms with Crippen molar-refractivity contribution in [3.63, 3.8) is 0 Å². The highest BCUT2D eigenvalue weighted by Crippen LogP contribution is 2.22. The molecule has 21 heavy (non-hydrogen) atoms. The molecule has 2 N–H and O–H groups in total. The molecule has 1 heterocycles. The second-order valence-corrected chi connectivity index (χ2v) is 6.89. The Hall–Kier alpha value is -1.15. The number of rotatable bonds is 6. The maximum Gasteiger partial charge on any atom is 0.243 e. The summed E-state index contributed by atoms with van der Waals surface area (Å²) in [5, 5.41) is 0. The summed E-state index contributed by atoms with van der Waals surface area (Å²) in [6, 6.07) is 6.36. The lowest BCUT2D eigenvalue weighted by molar-refractivity contribution is 0.0393. The predicted molar refractivity (Wildman–Crippen MR) is 79.8 cm³/mol. The number of nitrogens with two attached hydrogens (primary N) is 1.